The summed E-state index contributed by atoms with van der Waals surface area (Å²) in [5.41, 5.74) is 0. The average molecular weight is 282 g/mol. The van der Waals surface area contributed by atoms with Crippen LogP contribution >= 0.6 is 11.3 Å². The van der Waals surface area contributed by atoms with E-state index in [4.69, 9.17) is 4.74 Å². The summed E-state index contributed by atoms with van der Waals surface area (Å²) in [5.74, 6) is -0.0974. The number of likely N-dealkylation sites (N-methyl/N-ethyl adjacent to an activating group) is 1. The third kappa shape index (κ3) is 4.03. The quantitative estimate of drug-likeness (QED) is 0.773. The van der Waals surface area contributed by atoms with E-state index in [0.717, 1.165) is 26.2 Å². The lowest BCUT2D eigenvalue weighted by Crippen LogP contribution is -2.46. The predicted octanol–water partition coefficient (Wildman–Crippen LogP) is 1.99. The lowest BCUT2D eigenvalue weighted by atomic mass is 10.1. The molecule has 1 aromatic heterocycles. The molecule has 0 amide bonds. The Bertz CT molecular complexity index is 386. The number of piperazine rings is 1. The molecule has 2 rings (SSSR count). The van der Waals surface area contributed by atoms with Crippen molar-refractivity contribution in [2.45, 2.75) is 19.4 Å². The first kappa shape index (κ1) is 14.5. The summed E-state index contributed by atoms with van der Waals surface area (Å²) in [6.07, 6.45) is 0.456. The molecule has 2 heterocycles. The molecule has 1 atom stereocenters. The second kappa shape index (κ2) is 7.03. The van der Waals surface area contributed by atoms with E-state index in [0.29, 0.717) is 13.0 Å². The number of carbonyl (C=O) groups is 1. The van der Waals surface area contributed by atoms with Gasteiger partial charge in [0.05, 0.1) is 19.1 Å². The van der Waals surface area contributed by atoms with E-state index < -0.39 is 0 Å². The smallest absolute Gasteiger partial charge is 0.307 e. The summed E-state index contributed by atoms with van der Waals surface area (Å²) in [4.78, 5) is 17.8. The summed E-state index contributed by atoms with van der Waals surface area (Å²) < 4.78 is 5.11. The zero-order valence-electron chi connectivity index (χ0n) is 11.7. The molecule has 19 heavy (non-hydrogen) atoms. The van der Waals surface area contributed by atoms with Crippen LogP contribution in [0.4, 0.5) is 0 Å². The minimum atomic E-state index is -0.0974. The monoisotopic (exact) mass is 282 g/mol. The van der Waals surface area contributed by atoms with Crippen molar-refractivity contribution >= 4 is 17.3 Å². The average Bonchev–Trinajstić information content (AvgIpc) is 2.91. The van der Waals surface area contributed by atoms with Crippen LogP contribution in [0.2, 0.25) is 0 Å². The first-order valence-electron chi connectivity index (χ1n) is 6.82. The lowest BCUT2D eigenvalue weighted by molar-refractivity contribution is -0.144. The molecule has 1 aliphatic rings. The van der Waals surface area contributed by atoms with Gasteiger partial charge in [-0.05, 0) is 25.4 Å². The Morgan fingerprint density at radius 1 is 1.42 bits per heavy atom. The van der Waals surface area contributed by atoms with Gasteiger partial charge in [0.1, 0.15) is 0 Å². The molecule has 0 saturated carbocycles. The van der Waals surface area contributed by atoms with Gasteiger partial charge in [0.2, 0.25) is 0 Å². The van der Waals surface area contributed by atoms with Crippen molar-refractivity contribution in [2.24, 2.45) is 0 Å². The Kier molecular flexibility index (Phi) is 5.36. The van der Waals surface area contributed by atoms with E-state index in [-0.39, 0.29) is 12.0 Å². The van der Waals surface area contributed by atoms with Crippen LogP contribution in [0.1, 0.15) is 24.3 Å². The van der Waals surface area contributed by atoms with Gasteiger partial charge in [-0.3, -0.25) is 9.69 Å². The maximum Gasteiger partial charge on any atom is 0.307 e. The fraction of sp³-hybridized carbons (Fsp3) is 0.643. The second-order valence-electron chi connectivity index (χ2n) is 4.88. The van der Waals surface area contributed by atoms with Gasteiger partial charge in [-0.1, -0.05) is 6.07 Å². The van der Waals surface area contributed by atoms with E-state index >= 15 is 0 Å². The predicted molar refractivity (Wildman–Crippen MR) is 77.4 cm³/mol. The molecule has 5 heteroatoms. The largest absolute Gasteiger partial charge is 0.466 e. The number of thiophene rings is 1. The van der Waals surface area contributed by atoms with Crippen LogP contribution in [-0.4, -0.2) is 55.6 Å². The van der Waals surface area contributed by atoms with Crippen LogP contribution in [0, 0.1) is 0 Å². The van der Waals surface area contributed by atoms with E-state index in [2.05, 4.69) is 28.3 Å². The number of nitrogens with zero attached hydrogens (tertiary/aromatic N) is 2. The van der Waals surface area contributed by atoms with Crippen molar-refractivity contribution in [1.29, 1.82) is 0 Å². The molecule has 1 unspecified atom stereocenters. The Morgan fingerprint density at radius 3 is 2.74 bits per heavy atom. The molecular weight excluding hydrogens is 260 g/mol. The standard InChI is InChI=1S/C14H22N2O2S/c1-3-18-14(17)11-12(13-5-4-10-19-13)16-8-6-15(2)7-9-16/h4-5,10,12H,3,6-9,11H2,1-2H3. The van der Waals surface area contributed by atoms with E-state index in [1.165, 1.54) is 4.88 Å². The molecule has 106 valence electrons. The molecule has 4 nitrogen and oxygen atoms in total. The van der Waals surface area contributed by atoms with Crippen molar-refractivity contribution in [3.63, 3.8) is 0 Å². The van der Waals surface area contributed by atoms with Crippen molar-refractivity contribution in [1.82, 2.24) is 9.80 Å². The van der Waals surface area contributed by atoms with Crippen LogP contribution in [0.15, 0.2) is 17.5 Å². The van der Waals surface area contributed by atoms with E-state index in [1.54, 1.807) is 11.3 Å². The number of ether oxygens (including phenoxy) is 1. The maximum atomic E-state index is 11.8. The molecule has 0 aliphatic carbocycles. The molecule has 0 bridgehead atoms. The first-order chi connectivity index (χ1) is 9.20. The highest BCUT2D eigenvalue weighted by Gasteiger charge is 2.27. The van der Waals surface area contributed by atoms with E-state index in [9.17, 15) is 4.79 Å². The van der Waals surface area contributed by atoms with E-state index in [1.807, 2.05) is 13.0 Å². The zero-order chi connectivity index (χ0) is 13.7. The third-order valence-corrected chi connectivity index (χ3v) is 4.49. The first-order valence-corrected chi connectivity index (χ1v) is 7.70. The van der Waals surface area contributed by atoms with Crippen molar-refractivity contribution in [3.05, 3.63) is 22.4 Å². The van der Waals surface area contributed by atoms with Crippen molar-refractivity contribution < 1.29 is 9.53 Å². The Labute approximate surface area is 119 Å². The van der Waals surface area contributed by atoms with Crippen LogP contribution in [0.3, 0.4) is 0 Å². The Morgan fingerprint density at radius 2 is 2.16 bits per heavy atom. The molecule has 1 aliphatic heterocycles. The Hall–Kier alpha value is -0.910. The van der Waals surface area contributed by atoms with Gasteiger partial charge in [-0.15, -0.1) is 11.3 Å². The van der Waals surface area contributed by atoms with Crippen molar-refractivity contribution in [2.75, 3.05) is 39.8 Å². The fourth-order valence-corrected chi connectivity index (χ4v) is 3.26. The highest BCUT2D eigenvalue weighted by Crippen LogP contribution is 2.29. The number of hydrogen-bond donors (Lipinski definition) is 0. The summed E-state index contributed by atoms with van der Waals surface area (Å²) in [7, 11) is 2.14. The van der Waals surface area contributed by atoms with Gasteiger partial charge in [-0.2, -0.15) is 0 Å². The minimum Gasteiger partial charge on any atom is -0.466 e. The van der Waals surface area contributed by atoms with Crippen LogP contribution in [0.25, 0.3) is 0 Å². The summed E-state index contributed by atoms with van der Waals surface area (Å²) >= 11 is 1.72. The maximum absolute atomic E-state index is 11.8. The minimum absolute atomic E-state index is 0.0974. The van der Waals surface area contributed by atoms with Gasteiger partial charge in [0.25, 0.3) is 0 Å². The fourth-order valence-electron chi connectivity index (χ4n) is 2.40. The number of hydrogen-bond acceptors (Lipinski definition) is 5. The van der Waals surface area contributed by atoms with Crippen LogP contribution in [0.5, 0.6) is 0 Å². The number of rotatable bonds is 5. The normalized spacial score (nSPS) is 19.3. The topological polar surface area (TPSA) is 32.8 Å². The van der Waals surface area contributed by atoms with Gasteiger partial charge in [-0.25, -0.2) is 0 Å². The molecule has 1 saturated heterocycles. The van der Waals surface area contributed by atoms with Gasteiger partial charge < -0.3 is 9.64 Å². The van der Waals surface area contributed by atoms with Crippen molar-refractivity contribution in [3.8, 4) is 0 Å². The zero-order valence-corrected chi connectivity index (χ0v) is 12.5. The molecule has 0 N–H and O–H groups in total. The van der Waals surface area contributed by atoms with Gasteiger partial charge in [0, 0.05) is 31.1 Å². The molecule has 1 fully saturated rings. The number of esters is 1. The molecule has 1 aromatic rings. The third-order valence-electron chi connectivity index (χ3n) is 3.52. The van der Waals surface area contributed by atoms with Gasteiger partial charge in [0.15, 0.2) is 0 Å². The Balaban J connectivity index is 2.04. The molecular formula is C14H22N2O2S. The molecule has 0 aromatic carbocycles. The van der Waals surface area contributed by atoms with Crippen LogP contribution < -0.4 is 0 Å². The second-order valence-corrected chi connectivity index (χ2v) is 5.86. The SMILES string of the molecule is CCOC(=O)CC(c1cccs1)N1CCN(C)CC1. The summed E-state index contributed by atoms with van der Waals surface area (Å²) in [6, 6.07) is 4.34. The molecule has 0 spiro atoms. The lowest BCUT2D eigenvalue weighted by Gasteiger charge is -2.37. The molecule has 0 radical (unpaired) electrons. The highest BCUT2D eigenvalue weighted by molar-refractivity contribution is 7.10. The number of carbonyl (C=O) groups excluding carboxylic acids is 1. The summed E-state index contributed by atoms with van der Waals surface area (Å²) in [6.45, 7) is 6.46. The van der Waals surface area contributed by atoms with Crippen LogP contribution in [-0.2, 0) is 9.53 Å². The van der Waals surface area contributed by atoms with Gasteiger partial charge >= 0.3 is 5.97 Å². The highest BCUT2D eigenvalue weighted by atomic mass is 32.1. The summed E-state index contributed by atoms with van der Waals surface area (Å²) in [5, 5.41) is 2.07.